The molecule has 18 heavy (non-hydrogen) atoms. The van der Waals surface area contributed by atoms with E-state index in [0.29, 0.717) is 17.7 Å². The van der Waals surface area contributed by atoms with Crippen LogP contribution in [0.2, 0.25) is 0 Å². The van der Waals surface area contributed by atoms with E-state index in [4.69, 9.17) is 16.3 Å². The van der Waals surface area contributed by atoms with Crippen LogP contribution in [0.3, 0.4) is 0 Å². The maximum absolute atomic E-state index is 11.8. The number of hydrogen-bond donors (Lipinski definition) is 0. The summed E-state index contributed by atoms with van der Waals surface area (Å²) in [6.07, 6.45) is 2.14. The lowest BCUT2D eigenvalue weighted by molar-refractivity contribution is 0.0522. The average Bonchev–Trinajstić information content (AvgIpc) is 2.38. The van der Waals surface area contributed by atoms with Gasteiger partial charge in [-0.15, -0.1) is 23.4 Å². The summed E-state index contributed by atoms with van der Waals surface area (Å²) in [5, 5.41) is 0. The molecule has 0 aliphatic carbocycles. The third-order valence-electron chi connectivity index (χ3n) is 2.34. The van der Waals surface area contributed by atoms with Crippen molar-refractivity contribution in [3.63, 3.8) is 0 Å². The Morgan fingerprint density at radius 3 is 2.67 bits per heavy atom. The predicted molar refractivity (Wildman–Crippen MR) is 73.8 cm³/mol. The van der Waals surface area contributed by atoms with Gasteiger partial charge in [-0.05, 0) is 25.3 Å². The fourth-order valence-electron chi connectivity index (χ4n) is 1.48. The maximum Gasteiger partial charge on any atom is 0.339 e. The molecular weight excluding hydrogens is 272 g/mol. The predicted octanol–water partition coefficient (Wildman–Crippen LogP) is 3.40. The van der Waals surface area contributed by atoms with Crippen LogP contribution >= 0.6 is 23.4 Å². The molecule has 0 heterocycles. The number of thioether (sulfide) groups is 1. The van der Waals surface area contributed by atoms with Crippen molar-refractivity contribution in [1.29, 1.82) is 0 Å². The summed E-state index contributed by atoms with van der Waals surface area (Å²) in [6.45, 7) is 2.06. The standard InChI is InChI=1S/C13H15ClO3S/c1-3-17-13(16)10-8-9(11(15)6-7-14)4-5-12(10)18-2/h4-5,8H,3,6-7H2,1-2H3. The molecule has 0 atom stereocenters. The molecule has 1 aromatic carbocycles. The molecule has 0 N–H and O–H groups in total. The molecule has 0 bridgehead atoms. The Balaban J connectivity index is 3.09. The average molecular weight is 287 g/mol. The SMILES string of the molecule is CCOC(=O)c1cc(C(=O)CCCl)ccc1SC. The first-order valence-electron chi connectivity index (χ1n) is 5.58. The number of halogens is 1. The second kappa shape index (κ2) is 7.44. The van der Waals surface area contributed by atoms with E-state index < -0.39 is 5.97 Å². The first kappa shape index (κ1) is 15.1. The molecule has 0 radical (unpaired) electrons. The number of esters is 1. The van der Waals surface area contributed by atoms with E-state index in [9.17, 15) is 9.59 Å². The molecule has 0 amide bonds. The van der Waals surface area contributed by atoms with Crippen molar-refractivity contribution < 1.29 is 14.3 Å². The normalized spacial score (nSPS) is 10.2. The number of benzene rings is 1. The van der Waals surface area contributed by atoms with E-state index in [1.807, 2.05) is 6.26 Å². The van der Waals surface area contributed by atoms with E-state index in [0.717, 1.165) is 4.90 Å². The van der Waals surface area contributed by atoms with Gasteiger partial charge in [0.1, 0.15) is 0 Å². The van der Waals surface area contributed by atoms with Gasteiger partial charge in [0, 0.05) is 22.8 Å². The first-order valence-corrected chi connectivity index (χ1v) is 7.34. The third kappa shape index (κ3) is 3.75. The lowest BCUT2D eigenvalue weighted by atomic mass is 10.1. The van der Waals surface area contributed by atoms with Crippen LogP contribution in [0.4, 0.5) is 0 Å². The highest BCUT2D eigenvalue weighted by Crippen LogP contribution is 2.23. The molecule has 0 fully saturated rings. The van der Waals surface area contributed by atoms with Gasteiger partial charge in [-0.25, -0.2) is 4.79 Å². The van der Waals surface area contributed by atoms with E-state index in [-0.39, 0.29) is 18.1 Å². The van der Waals surface area contributed by atoms with Crippen LogP contribution in [-0.4, -0.2) is 30.5 Å². The third-order valence-corrected chi connectivity index (χ3v) is 3.32. The van der Waals surface area contributed by atoms with Crippen molar-refractivity contribution >= 4 is 35.1 Å². The lowest BCUT2D eigenvalue weighted by Gasteiger charge is -2.08. The van der Waals surface area contributed by atoms with Crippen LogP contribution in [0.1, 0.15) is 34.1 Å². The Hall–Kier alpha value is -1.000. The molecule has 0 aliphatic rings. The number of ketones is 1. The summed E-state index contributed by atoms with van der Waals surface area (Å²) in [6, 6.07) is 5.06. The molecule has 1 aromatic rings. The summed E-state index contributed by atoms with van der Waals surface area (Å²) in [5.74, 6) is -0.191. The van der Waals surface area contributed by atoms with Gasteiger partial charge in [-0.3, -0.25) is 4.79 Å². The fourth-order valence-corrected chi connectivity index (χ4v) is 2.22. The second-order valence-electron chi connectivity index (χ2n) is 3.50. The number of rotatable bonds is 6. The lowest BCUT2D eigenvalue weighted by Crippen LogP contribution is -2.09. The zero-order chi connectivity index (χ0) is 13.5. The summed E-state index contributed by atoms with van der Waals surface area (Å²) in [5.41, 5.74) is 0.932. The number of alkyl halides is 1. The highest BCUT2D eigenvalue weighted by atomic mass is 35.5. The van der Waals surface area contributed by atoms with E-state index >= 15 is 0 Å². The Morgan fingerprint density at radius 1 is 1.39 bits per heavy atom. The highest BCUT2D eigenvalue weighted by Gasteiger charge is 2.15. The molecule has 0 saturated carbocycles. The Labute approximate surface area is 116 Å². The summed E-state index contributed by atoms with van der Waals surface area (Å²) in [7, 11) is 0. The van der Waals surface area contributed by atoms with Crippen LogP contribution in [-0.2, 0) is 4.74 Å². The van der Waals surface area contributed by atoms with Crippen molar-refractivity contribution in [2.24, 2.45) is 0 Å². The van der Waals surface area contributed by atoms with Crippen LogP contribution < -0.4 is 0 Å². The van der Waals surface area contributed by atoms with Crippen molar-refractivity contribution in [3.05, 3.63) is 29.3 Å². The fraction of sp³-hybridized carbons (Fsp3) is 0.385. The quantitative estimate of drug-likeness (QED) is 0.348. The van der Waals surface area contributed by atoms with Crippen LogP contribution in [0.25, 0.3) is 0 Å². The van der Waals surface area contributed by atoms with Gasteiger partial charge in [0.15, 0.2) is 5.78 Å². The molecule has 1 rings (SSSR count). The number of ether oxygens (including phenoxy) is 1. The van der Waals surface area contributed by atoms with Crippen LogP contribution in [0.15, 0.2) is 23.1 Å². The van der Waals surface area contributed by atoms with Crippen LogP contribution in [0.5, 0.6) is 0 Å². The molecular formula is C13H15ClO3S. The molecule has 0 aromatic heterocycles. The summed E-state index contributed by atoms with van der Waals surface area (Å²) < 4.78 is 4.98. The zero-order valence-corrected chi connectivity index (χ0v) is 11.9. The monoisotopic (exact) mass is 286 g/mol. The van der Waals surface area contributed by atoms with Crippen LogP contribution in [0, 0.1) is 0 Å². The van der Waals surface area contributed by atoms with Crippen molar-refractivity contribution in [2.45, 2.75) is 18.2 Å². The van der Waals surface area contributed by atoms with Gasteiger partial charge in [0.25, 0.3) is 0 Å². The van der Waals surface area contributed by atoms with Crippen molar-refractivity contribution in [1.82, 2.24) is 0 Å². The van der Waals surface area contributed by atoms with Gasteiger partial charge < -0.3 is 4.74 Å². The molecule has 3 nitrogen and oxygen atoms in total. The second-order valence-corrected chi connectivity index (χ2v) is 4.72. The van der Waals surface area contributed by atoms with Crippen molar-refractivity contribution in [2.75, 3.05) is 18.7 Å². The van der Waals surface area contributed by atoms with E-state index in [1.165, 1.54) is 11.8 Å². The minimum absolute atomic E-state index is 0.0665. The Bertz CT molecular complexity index is 446. The van der Waals surface area contributed by atoms with Gasteiger partial charge in [0.2, 0.25) is 0 Å². The molecule has 5 heteroatoms. The smallest absolute Gasteiger partial charge is 0.339 e. The van der Waals surface area contributed by atoms with Gasteiger partial charge in [-0.2, -0.15) is 0 Å². The minimum atomic E-state index is -0.401. The molecule has 0 unspecified atom stereocenters. The largest absolute Gasteiger partial charge is 0.462 e. The molecule has 98 valence electrons. The van der Waals surface area contributed by atoms with E-state index in [2.05, 4.69) is 0 Å². The molecule has 0 spiro atoms. The Kier molecular flexibility index (Phi) is 6.22. The van der Waals surface area contributed by atoms with Gasteiger partial charge in [-0.1, -0.05) is 6.07 Å². The maximum atomic E-state index is 11.8. The van der Waals surface area contributed by atoms with Crippen molar-refractivity contribution in [3.8, 4) is 0 Å². The number of hydrogen-bond acceptors (Lipinski definition) is 4. The topological polar surface area (TPSA) is 43.4 Å². The first-order chi connectivity index (χ1) is 8.63. The van der Waals surface area contributed by atoms with E-state index in [1.54, 1.807) is 25.1 Å². The summed E-state index contributed by atoms with van der Waals surface area (Å²) >= 11 is 6.99. The highest BCUT2D eigenvalue weighted by molar-refractivity contribution is 7.98. The van der Waals surface area contributed by atoms with Gasteiger partial charge in [0.05, 0.1) is 12.2 Å². The molecule has 0 saturated heterocycles. The Morgan fingerprint density at radius 2 is 2.11 bits per heavy atom. The molecule has 0 aliphatic heterocycles. The number of carbonyl (C=O) groups is 2. The number of Topliss-reactive ketones (excluding diaryl/α,β-unsaturated/α-hetero) is 1. The zero-order valence-electron chi connectivity index (χ0n) is 10.4. The number of carbonyl (C=O) groups excluding carboxylic acids is 2. The summed E-state index contributed by atoms with van der Waals surface area (Å²) in [4.78, 5) is 24.3. The minimum Gasteiger partial charge on any atom is -0.462 e. The van der Waals surface area contributed by atoms with Gasteiger partial charge >= 0.3 is 5.97 Å².